The van der Waals surface area contributed by atoms with E-state index >= 15 is 0 Å². The lowest BCUT2D eigenvalue weighted by Crippen LogP contribution is -2.42. The molecule has 0 amide bonds. The van der Waals surface area contributed by atoms with E-state index in [9.17, 15) is 18.3 Å². The fraction of sp³-hybridized carbons (Fsp3) is 0.917. The van der Waals surface area contributed by atoms with Crippen LogP contribution < -0.4 is 4.72 Å². The van der Waals surface area contributed by atoms with E-state index in [-0.39, 0.29) is 31.1 Å². The van der Waals surface area contributed by atoms with Crippen LogP contribution in [-0.4, -0.2) is 44.5 Å². The number of methoxy groups -OCH3 is 1. The van der Waals surface area contributed by atoms with Crippen LogP contribution in [0.4, 0.5) is 0 Å². The molecule has 0 saturated carbocycles. The summed E-state index contributed by atoms with van der Waals surface area (Å²) in [5.41, 5.74) is -1.07. The largest absolute Gasteiger partial charge is 0.469 e. The Kier molecular flexibility index (Phi) is 7.54. The van der Waals surface area contributed by atoms with Gasteiger partial charge >= 0.3 is 5.97 Å². The summed E-state index contributed by atoms with van der Waals surface area (Å²) in [5.74, 6) is -0.305. The van der Waals surface area contributed by atoms with Crippen molar-refractivity contribution >= 4 is 16.0 Å². The molecule has 0 aromatic carbocycles. The lowest BCUT2D eigenvalue weighted by molar-refractivity contribution is -0.140. The first-order chi connectivity index (χ1) is 8.58. The van der Waals surface area contributed by atoms with E-state index < -0.39 is 21.6 Å². The van der Waals surface area contributed by atoms with Gasteiger partial charge in [0.2, 0.25) is 10.0 Å². The van der Waals surface area contributed by atoms with Crippen LogP contribution in [0, 0.1) is 5.92 Å². The quantitative estimate of drug-likeness (QED) is 0.609. The third kappa shape index (κ3) is 9.86. The number of ether oxygens (including phenoxy) is 1. The van der Waals surface area contributed by atoms with Crippen LogP contribution in [0.25, 0.3) is 0 Å². The smallest absolute Gasteiger partial charge is 0.305 e. The minimum Gasteiger partial charge on any atom is -0.469 e. The Morgan fingerprint density at radius 3 is 2.47 bits per heavy atom. The van der Waals surface area contributed by atoms with Crippen LogP contribution in [-0.2, 0) is 19.6 Å². The topological polar surface area (TPSA) is 92.7 Å². The number of aliphatic hydroxyl groups is 1. The van der Waals surface area contributed by atoms with E-state index in [1.165, 1.54) is 7.11 Å². The van der Waals surface area contributed by atoms with Crippen molar-refractivity contribution in [1.29, 1.82) is 0 Å². The van der Waals surface area contributed by atoms with Crippen LogP contribution in [0.3, 0.4) is 0 Å². The van der Waals surface area contributed by atoms with E-state index in [4.69, 9.17) is 0 Å². The molecule has 0 aromatic rings. The Bertz CT molecular complexity index is 376. The summed E-state index contributed by atoms with van der Waals surface area (Å²) in [7, 11) is -2.21. The molecule has 0 bridgehead atoms. The van der Waals surface area contributed by atoms with Gasteiger partial charge in [-0.3, -0.25) is 4.79 Å². The molecule has 0 fully saturated rings. The maximum Gasteiger partial charge on any atom is 0.305 e. The number of sulfonamides is 1. The molecule has 0 saturated heterocycles. The normalized spacial score (nSPS) is 15.3. The average Bonchev–Trinajstić information content (AvgIpc) is 2.24. The second kappa shape index (κ2) is 7.81. The van der Waals surface area contributed by atoms with Gasteiger partial charge in [0.05, 0.1) is 18.5 Å². The molecule has 6 nitrogen and oxygen atoms in total. The van der Waals surface area contributed by atoms with Gasteiger partial charge in [-0.25, -0.2) is 13.1 Å². The summed E-state index contributed by atoms with van der Waals surface area (Å²) in [6.45, 7) is 5.49. The number of carbonyl (C=O) groups excluding carboxylic acids is 1. The molecule has 0 aliphatic rings. The molecule has 1 atom stereocenters. The number of hydrogen-bond donors (Lipinski definition) is 2. The van der Waals surface area contributed by atoms with Crippen molar-refractivity contribution in [3.63, 3.8) is 0 Å². The number of nitrogens with one attached hydrogen (secondary N) is 1. The first-order valence-corrected chi connectivity index (χ1v) is 8.00. The van der Waals surface area contributed by atoms with Crippen LogP contribution in [0.2, 0.25) is 0 Å². The van der Waals surface area contributed by atoms with Crippen LogP contribution in [0.15, 0.2) is 0 Å². The standard InChI is InChI=1S/C12H25NO5S/c1-10(2)8-12(3,15)9-13-19(16,17)7-5-6-11(14)18-4/h10,13,15H,5-9H2,1-4H3. The van der Waals surface area contributed by atoms with Crippen molar-refractivity contribution in [1.82, 2.24) is 4.72 Å². The Hall–Kier alpha value is -0.660. The van der Waals surface area contributed by atoms with E-state index in [2.05, 4.69) is 9.46 Å². The summed E-state index contributed by atoms with van der Waals surface area (Å²) in [5, 5.41) is 10.00. The molecule has 19 heavy (non-hydrogen) atoms. The maximum atomic E-state index is 11.7. The molecule has 0 aliphatic carbocycles. The van der Waals surface area contributed by atoms with Gasteiger partial charge in [-0.15, -0.1) is 0 Å². The van der Waals surface area contributed by atoms with Gasteiger partial charge in [0, 0.05) is 13.0 Å². The van der Waals surface area contributed by atoms with Crippen LogP contribution >= 0.6 is 0 Å². The summed E-state index contributed by atoms with van der Waals surface area (Å²) < 4.78 is 30.1. The van der Waals surface area contributed by atoms with Gasteiger partial charge in [0.1, 0.15) is 0 Å². The molecule has 0 rings (SSSR count). The van der Waals surface area contributed by atoms with Gasteiger partial charge in [0.25, 0.3) is 0 Å². The highest BCUT2D eigenvalue weighted by molar-refractivity contribution is 7.89. The van der Waals surface area contributed by atoms with E-state index in [0.717, 1.165) is 0 Å². The Labute approximate surface area is 115 Å². The molecule has 0 aromatic heterocycles. The average molecular weight is 295 g/mol. The molecule has 0 radical (unpaired) electrons. The van der Waals surface area contributed by atoms with Crippen molar-refractivity contribution in [2.75, 3.05) is 19.4 Å². The predicted molar refractivity (Wildman–Crippen MR) is 73.1 cm³/mol. The number of hydrogen-bond acceptors (Lipinski definition) is 5. The molecule has 1 unspecified atom stereocenters. The zero-order valence-corrected chi connectivity index (χ0v) is 12.9. The van der Waals surface area contributed by atoms with Crippen molar-refractivity contribution in [3.8, 4) is 0 Å². The van der Waals surface area contributed by atoms with Crippen molar-refractivity contribution < 1.29 is 23.1 Å². The molecule has 0 aliphatic heterocycles. The molecule has 0 spiro atoms. The summed E-state index contributed by atoms with van der Waals surface area (Å²) in [6.07, 6.45) is 0.784. The monoisotopic (exact) mass is 295 g/mol. The van der Waals surface area contributed by atoms with Crippen LogP contribution in [0.1, 0.15) is 40.0 Å². The first kappa shape index (κ1) is 18.3. The summed E-state index contributed by atoms with van der Waals surface area (Å²) in [6, 6.07) is 0. The molecular weight excluding hydrogens is 270 g/mol. The zero-order chi connectivity index (χ0) is 15.1. The maximum absolute atomic E-state index is 11.7. The van der Waals surface area contributed by atoms with E-state index in [0.29, 0.717) is 6.42 Å². The molecule has 114 valence electrons. The predicted octanol–water partition coefficient (Wildman–Crippen LogP) is 0.656. The van der Waals surface area contributed by atoms with Crippen LogP contribution in [0.5, 0.6) is 0 Å². The minimum atomic E-state index is -3.47. The Morgan fingerprint density at radius 1 is 1.42 bits per heavy atom. The third-order valence-corrected chi connectivity index (χ3v) is 3.95. The van der Waals surface area contributed by atoms with Crippen molar-refractivity contribution in [2.24, 2.45) is 5.92 Å². The third-order valence-electron chi connectivity index (χ3n) is 2.54. The van der Waals surface area contributed by atoms with Crippen molar-refractivity contribution in [2.45, 2.75) is 45.6 Å². The lowest BCUT2D eigenvalue weighted by Gasteiger charge is -2.25. The SMILES string of the molecule is COC(=O)CCCS(=O)(=O)NCC(C)(O)CC(C)C. The highest BCUT2D eigenvalue weighted by atomic mass is 32.2. The lowest BCUT2D eigenvalue weighted by atomic mass is 9.95. The highest BCUT2D eigenvalue weighted by Gasteiger charge is 2.24. The Balaban J connectivity index is 4.13. The van der Waals surface area contributed by atoms with Gasteiger partial charge in [-0.2, -0.15) is 0 Å². The first-order valence-electron chi connectivity index (χ1n) is 6.34. The fourth-order valence-electron chi connectivity index (χ4n) is 1.80. The van der Waals surface area contributed by atoms with Gasteiger partial charge in [-0.05, 0) is 25.7 Å². The fourth-order valence-corrected chi connectivity index (χ4v) is 3.00. The molecule has 0 heterocycles. The molecule has 2 N–H and O–H groups in total. The zero-order valence-electron chi connectivity index (χ0n) is 12.1. The summed E-state index contributed by atoms with van der Waals surface area (Å²) >= 11 is 0. The second-order valence-electron chi connectivity index (χ2n) is 5.41. The summed E-state index contributed by atoms with van der Waals surface area (Å²) in [4.78, 5) is 10.9. The van der Waals surface area contributed by atoms with Gasteiger partial charge in [0.15, 0.2) is 0 Å². The second-order valence-corrected chi connectivity index (χ2v) is 7.34. The Morgan fingerprint density at radius 2 is 2.00 bits per heavy atom. The molecular formula is C12H25NO5S. The van der Waals surface area contributed by atoms with Gasteiger partial charge < -0.3 is 9.84 Å². The van der Waals surface area contributed by atoms with E-state index in [1.807, 2.05) is 13.8 Å². The van der Waals surface area contributed by atoms with Gasteiger partial charge in [-0.1, -0.05) is 13.8 Å². The highest BCUT2D eigenvalue weighted by Crippen LogP contribution is 2.15. The minimum absolute atomic E-state index is 0.0221. The molecule has 7 heteroatoms. The number of carbonyl (C=O) groups is 1. The van der Waals surface area contributed by atoms with E-state index in [1.54, 1.807) is 6.92 Å². The van der Waals surface area contributed by atoms with Crippen molar-refractivity contribution in [3.05, 3.63) is 0 Å². The number of esters is 1. The number of rotatable bonds is 9.